The van der Waals surface area contributed by atoms with Crippen molar-refractivity contribution >= 4 is 17.6 Å². The molecular weight excluding hydrogens is 306 g/mol. The lowest BCUT2D eigenvalue weighted by molar-refractivity contribution is -0.125. The van der Waals surface area contributed by atoms with Crippen LogP contribution in [0, 0.1) is 0 Å². The number of benzene rings is 1. The van der Waals surface area contributed by atoms with Gasteiger partial charge in [0.15, 0.2) is 0 Å². The van der Waals surface area contributed by atoms with E-state index in [0.717, 1.165) is 25.7 Å². The Kier molecular flexibility index (Phi) is 5.23. The summed E-state index contributed by atoms with van der Waals surface area (Å²) >= 11 is 0. The van der Waals surface area contributed by atoms with Crippen molar-refractivity contribution in [3.05, 3.63) is 24.3 Å². The number of urea groups is 1. The largest absolute Gasteiger partial charge is 0.495 e. The van der Waals surface area contributed by atoms with Crippen molar-refractivity contribution in [1.82, 2.24) is 10.2 Å². The minimum atomic E-state index is -0.375. The van der Waals surface area contributed by atoms with E-state index in [1.165, 1.54) is 12.8 Å². The Morgan fingerprint density at radius 3 is 2.62 bits per heavy atom. The van der Waals surface area contributed by atoms with Crippen LogP contribution in [0.4, 0.5) is 10.5 Å². The number of amides is 3. The zero-order valence-corrected chi connectivity index (χ0v) is 14.1. The number of rotatable bonds is 4. The molecule has 2 N–H and O–H groups in total. The topological polar surface area (TPSA) is 70.7 Å². The van der Waals surface area contributed by atoms with Crippen molar-refractivity contribution in [3.8, 4) is 5.75 Å². The Morgan fingerprint density at radius 2 is 1.88 bits per heavy atom. The molecule has 2 fully saturated rings. The predicted molar refractivity (Wildman–Crippen MR) is 92.1 cm³/mol. The third kappa shape index (κ3) is 3.63. The highest BCUT2D eigenvalue weighted by molar-refractivity contribution is 5.95. The number of carbonyl (C=O) groups excluding carboxylic acids is 2. The summed E-state index contributed by atoms with van der Waals surface area (Å²) in [6.07, 6.45) is 6.01. The van der Waals surface area contributed by atoms with Gasteiger partial charge in [-0.3, -0.25) is 4.79 Å². The first-order valence-corrected chi connectivity index (χ1v) is 8.70. The second-order valence-corrected chi connectivity index (χ2v) is 6.47. The Bertz CT molecular complexity index is 599. The molecule has 24 heavy (non-hydrogen) atoms. The highest BCUT2D eigenvalue weighted by atomic mass is 16.5. The number of anilines is 1. The van der Waals surface area contributed by atoms with E-state index in [9.17, 15) is 9.59 Å². The molecule has 0 unspecified atom stereocenters. The van der Waals surface area contributed by atoms with Gasteiger partial charge in [0.25, 0.3) is 0 Å². The minimum Gasteiger partial charge on any atom is -0.495 e. The van der Waals surface area contributed by atoms with Crippen molar-refractivity contribution in [2.45, 2.75) is 50.6 Å². The molecule has 2 aliphatic rings. The fourth-order valence-corrected chi connectivity index (χ4v) is 3.58. The molecule has 0 aromatic heterocycles. The lowest BCUT2D eigenvalue weighted by atomic mass is 10.1. The lowest BCUT2D eigenvalue weighted by Gasteiger charge is -2.26. The van der Waals surface area contributed by atoms with Crippen molar-refractivity contribution in [3.63, 3.8) is 0 Å². The molecule has 0 spiro atoms. The summed E-state index contributed by atoms with van der Waals surface area (Å²) in [6.45, 7) is 0.601. The summed E-state index contributed by atoms with van der Waals surface area (Å²) in [5, 5.41) is 5.97. The van der Waals surface area contributed by atoms with Gasteiger partial charge in [0.05, 0.1) is 12.8 Å². The maximum absolute atomic E-state index is 12.6. The van der Waals surface area contributed by atoms with Crippen molar-refractivity contribution in [2.24, 2.45) is 0 Å². The Morgan fingerprint density at radius 1 is 1.12 bits per heavy atom. The number of para-hydroxylation sites is 2. The normalized spacial score (nSPS) is 20.9. The number of ether oxygens (including phenoxy) is 1. The number of likely N-dealkylation sites (tertiary alicyclic amines) is 1. The molecule has 3 rings (SSSR count). The van der Waals surface area contributed by atoms with E-state index >= 15 is 0 Å². The molecule has 6 heteroatoms. The Labute approximate surface area is 142 Å². The van der Waals surface area contributed by atoms with Gasteiger partial charge in [-0.15, -0.1) is 0 Å². The molecule has 1 atom stereocenters. The quantitative estimate of drug-likeness (QED) is 0.891. The number of methoxy groups -OCH3 is 1. The van der Waals surface area contributed by atoms with E-state index in [2.05, 4.69) is 10.6 Å². The van der Waals surface area contributed by atoms with Crippen molar-refractivity contribution in [1.29, 1.82) is 0 Å². The third-order valence-electron chi connectivity index (χ3n) is 4.87. The number of hydrogen-bond donors (Lipinski definition) is 2. The molecule has 0 bridgehead atoms. The monoisotopic (exact) mass is 331 g/mol. The zero-order chi connectivity index (χ0) is 16.9. The summed E-state index contributed by atoms with van der Waals surface area (Å²) in [5.41, 5.74) is 0.617. The lowest BCUT2D eigenvalue weighted by Crippen LogP contribution is -2.49. The average Bonchev–Trinajstić information content (AvgIpc) is 3.26. The smallest absolute Gasteiger partial charge is 0.322 e. The van der Waals surface area contributed by atoms with Crippen LogP contribution in [0.5, 0.6) is 5.75 Å². The van der Waals surface area contributed by atoms with Crippen LogP contribution in [0.25, 0.3) is 0 Å². The number of nitrogens with one attached hydrogen (secondary N) is 2. The molecule has 1 aliphatic carbocycles. The van der Waals surface area contributed by atoms with Gasteiger partial charge in [-0.1, -0.05) is 25.0 Å². The molecule has 1 heterocycles. The maximum Gasteiger partial charge on any atom is 0.322 e. The van der Waals surface area contributed by atoms with Crippen LogP contribution in [-0.2, 0) is 4.79 Å². The van der Waals surface area contributed by atoms with Gasteiger partial charge in [-0.05, 0) is 37.8 Å². The second kappa shape index (κ2) is 7.55. The van der Waals surface area contributed by atoms with Gasteiger partial charge < -0.3 is 20.3 Å². The summed E-state index contributed by atoms with van der Waals surface area (Å²) in [7, 11) is 1.57. The van der Waals surface area contributed by atoms with E-state index in [1.54, 1.807) is 24.1 Å². The first-order valence-electron chi connectivity index (χ1n) is 8.70. The molecule has 3 amide bonds. The van der Waals surface area contributed by atoms with Gasteiger partial charge >= 0.3 is 6.03 Å². The number of nitrogens with zero attached hydrogens (tertiary/aromatic N) is 1. The van der Waals surface area contributed by atoms with Gasteiger partial charge in [0, 0.05) is 12.6 Å². The fraction of sp³-hybridized carbons (Fsp3) is 0.556. The van der Waals surface area contributed by atoms with E-state index in [-0.39, 0.29) is 24.0 Å². The third-order valence-corrected chi connectivity index (χ3v) is 4.87. The SMILES string of the molecule is COc1ccccc1NC(=O)N1CCC[C@@H]1C(=O)NC1CCCC1. The van der Waals surface area contributed by atoms with Crippen molar-refractivity contribution < 1.29 is 14.3 Å². The summed E-state index contributed by atoms with van der Waals surface area (Å²) < 4.78 is 5.26. The highest BCUT2D eigenvalue weighted by Crippen LogP contribution is 2.26. The molecule has 6 nitrogen and oxygen atoms in total. The minimum absolute atomic E-state index is 0.0189. The first-order chi connectivity index (χ1) is 11.7. The maximum atomic E-state index is 12.6. The van der Waals surface area contributed by atoms with Gasteiger partial charge in [0.1, 0.15) is 11.8 Å². The van der Waals surface area contributed by atoms with Gasteiger partial charge in [-0.2, -0.15) is 0 Å². The van der Waals surface area contributed by atoms with Crippen LogP contribution >= 0.6 is 0 Å². The molecule has 0 radical (unpaired) electrons. The predicted octanol–water partition coefficient (Wildman–Crippen LogP) is 2.75. The summed E-state index contributed by atoms with van der Waals surface area (Å²) in [6, 6.07) is 6.93. The Balaban J connectivity index is 1.63. The molecule has 1 aliphatic heterocycles. The van der Waals surface area contributed by atoms with Crippen LogP contribution in [-0.4, -0.2) is 42.6 Å². The van der Waals surface area contributed by atoms with Crippen LogP contribution in [0.1, 0.15) is 38.5 Å². The summed E-state index contributed by atoms with van der Waals surface area (Å²) in [4.78, 5) is 26.8. The zero-order valence-electron chi connectivity index (χ0n) is 14.1. The van der Waals surface area contributed by atoms with E-state index in [1.807, 2.05) is 12.1 Å². The van der Waals surface area contributed by atoms with E-state index in [0.29, 0.717) is 18.0 Å². The Hall–Kier alpha value is -2.24. The van der Waals surface area contributed by atoms with E-state index in [4.69, 9.17) is 4.74 Å². The standard InChI is InChI=1S/C18H25N3O3/c1-24-16-11-5-4-9-14(16)20-18(23)21-12-6-10-15(21)17(22)19-13-7-2-3-8-13/h4-5,9,11,13,15H,2-3,6-8,10,12H2,1H3,(H,19,22)(H,20,23)/t15-/m1/s1. The molecule has 1 aromatic rings. The molecule has 1 aromatic carbocycles. The number of carbonyl (C=O) groups is 2. The fourth-order valence-electron chi connectivity index (χ4n) is 3.58. The average molecular weight is 331 g/mol. The highest BCUT2D eigenvalue weighted by Gasteiger charge is 2.35. The summed E-state index contributed by atoms with van der Waals surface area (Å²) in [5.74, 6) is 0.589. The van der Waals surface area contributed by atoms with Crippen molar-refractivity contribution in [2.75, 3.05) is 19.0 Å². The first kappa shape index (κ1) is 16.6. The molecule has 1 saturated heterocycles. The van der Waals surface area contributed by atoms with Crippen LogP contribution in [0.3, 0.4) is 0 Å². The second-order valence-electron chi connectivity index (χ2n) is 6.47. The van der Waals surface area contributed by atoms with Crippen LogP contribution in [0.2, 0.25) is 0 Å². The van der Waals surface area contributed by atoms with E-state index < -0.39 is 0 Å². The number of hydrogen-bond acceptors (Lipinski definition) is 3. The van der Waals surface area contributed by atoms with Gasteiger partial charge in [-0.25, -0.2) is 4.79 Å². The molecule has 130 valence electrons. The van der Waals surface area contributed by atoms with Gasteiger partial charge in [0.2, 0.25) is 5.91 Å². The van der Waals surface area contributed by atoms with Crippen LogP contribution < -0.4 is 15.4 Å². The van der Waals surface area contributed by atoms with Crippen LogP contribution in [0.15, 0.2) is 24.3 Å². The molecule has 1 saturated carbocycles. The molecular formula is C18H25N3O3.